The van der Waals surface area contributed by atoms with Gasteiger partial charge in [0, 0.05) is 11.3 Å². The Hall–Kier alpha value is -2.62. The van der Waals surface area contributed by atoms with E-state index < -0.39 is 6.04 Å². The molecule has 0 aliphatic heterocycles. The predicted molar refractivity (Wildman–Crippen MR) is 83.2 cm³/mol. The summed E-state index contributed by atoms with van der Waals surface area (Å²) in [5, 5.41) is 5.47. The third-order valence-corrected chi connectivity index (χ3v) is 3.06. The van der Waals surface area contributed by atoms with E-state index in [-0.39, 0.29) is 11.8 Å². The molecule has 0 heterocycles. The van der Waals surface area contributed by atoms with Gasteiger partial charge in [-0.15, -0.1) is 0 Å². The van der Waals surface area contributed by atoms with E-state index in [9.17, 15) is 9.59 Å². The van der Waals surface area contributed by atoms with Gasteiger partial charge in [-0.05, 0) is 43.7 Å². The molecule has 0 spiro atoms. The number of nitrogens with one attached hydrogen (secondary N) is 2. The van der Waals surface area contributed by atoms with E-state index in [1.807, 2.05) is 37.3 Å². The molecule has 4 nitrogen and oxygen atoms in total. The Morgan fingerprint density at radius 2 is 1.71 bits per heavy atom. The Kier molecular flexibility index (Phi) is 4.72. The molecule has 2 amide bonds. The van der Waals surface area contributed by atoms with Crippen molar-refractivity contribution < 1.29 is 9.59 Å². The highest BCUT2D eigenvalue weighted by molar-refractivity contribution is 6.00. The maximum Gasteiger partial charge on any atom is 0.251 e. The fraction of sp³-hybridized carbons (Fsp3) is 0.176. The first-order valence-corrected chi connectivity index (χ1v) is 6.79. The predicted octanol–water partition coefficient (Wildman–Crippen LogP) is 2.75. The minimum Gasteiger partial charge on any atom is -0.341 e. The summed E-state index contributed by atoms with van der Waals surface area (Å²) in [6.45, 7) is 3.61. The van der Waals surface area contributed by atoms with Crippen LogP contribution in [0.2, 0.25) is 0 Å². The van der Waals surface area contributed by atoms with E-state index in [2.05, 4.69) is 10.6 Å². The van der Waals surface area contributed by atoms with Crippen LogP contribution in [0.25, 0.3) is 0 Å². The van der Waals surface area contributed by atoms with Gasteiger partial charge < -0.3 is 10.6 Å². The highest BCUT2D eigenvalue weighted by atomic mass is 16.2. The van der Waals surface area contributed by atoms with Gasteiger partial charge in [0.25, 0.3) is 5.91 Å². The molecule has 0 aliphatic rings. The van der Waals surface area contributed by atoms with Crippen LogP contribution in [0.5, 0.6) is 0 Å². The molecule has 2 aromatic carbocycles. The quantitative estimate of drug-likeness (QED) is 0.906. The number of aryl methyl sites for hydroxylation is 1. The summed E-state index contributed by atoms with van der Waals surface area (Å²) >= 11 is 0. The number of benzene rings is 2. The Bertz CT molecular complexity index is 638. The molecule has 21 heavy (non-hydrogen) atoms. The lowest BCUT2D eigenvalue weighted by atomic mass is 10.2. The maximum absolute atomic E-state index is 12.1. The summed E-state index contributed by atoms with van der Waals surface area (Å²) in [6.07, 6.45) is 0. The van der Waals surface area contributed by atoms with Crippen LogP contribution in [0.3, 0.4) is 0 Å². The zero-order chi connectivity index (χ0) is 15.2. The van der Waals surface area contributed by atoms with Crippen LogP contribution < -0.4 is 10.6 Å². The van der Waals surface area contributed by atoms with Crippen LogP contribution >= 0.6 is 0 Å². The first kappa shape index (κ1) is 14.8. The fourth-order valence-electron chi connectivity index (χ4n) is 1.91. The molecule has 4 heteroatoms. The SMILES string of the molecule is Cc1cccc(NC(=O)[C@H](C)NC(=O)c2ccccc2)c1. The Morgan fingerprint density at radius 3 is 2.38 bits per heavy atom. The van der Waals surface area contributed by atoms with Crippen molar-refractivity contribution in [1.82, 2.24) is 5.32 Å². The van der Waals surface area contributed by atoms with Crippen molar-refractivity contribution >= 4 is 17.5 Å². The molecule has 0 saturated heterocycles. The van der Waals surface area contributed by atoms with Crippen molar-refractivity contribution in [3.63, 3.8) is 0 Å². The molecule has 2 rings (SSSR count). The van der Waals surface area contributed by atoms with Gasteiger partial charge in [0.05, 0.1) is 0 Å². The third-order valence-electron chi connectivity index (χ3n) is 3.06. The maximum atomic E-state index is 12.1. The normalized spacial score (nSPS) is 11.5. The van der Waals surface area contributed by atoms with Gasteiger partial charge in [-0.25, -0.2) is 0 Å². The Morgan fingerprint density at radius 1 is 1.00 bits per heavy atom. The molecule has 2 aromatic rings. The average molecular weight is 282 g/mol. The average Bonchev–Trinajstić information content (AvgIpc) is 2.48. The van der Waals surface area contributed by atoms with Crippen molar-refractivity contribution in [2.24, 2.45) is 0 Å². The first-order chi connectivity index (χ1) is 10.1. The van der Waals surface area contributed by atoms with Gasteiger partial charge in [-0.1, -0.05) is 30.3 Å². The molecule has 0 radical (unpaired) electrons. The van der Waals surface area contributed by atoms with Gasteiger partial charge in [0.15, 0.2) is 0 Å². The van der Waals surface area contributed by atoms with E-state index in [0.717, 1.165) is 11.3 Å². The second-order valence-electron chi connectivity index (χ2n) is 4.92. The van der Waals surface area contributed by atoms with Gasteiger partial charge in [-0.2, -0.15) is 0 Å². The van der Waals surface area contributed by atoms with E-state index in [1.165, 1.54) is 0 Å². The molecule has 0 unspecified atom stereocenters. The number of hydrogen-bond acceptors (Lipinski definition) is 2. The molecule has 0 aliphatic carbocycles. The number of carbonyl (C=O) groups is 2. The van der Waals surface area contributed by atoms with Crippen molar-refractivity contribution in [3.05, 3.63) is 65.7 Å². The minimum atomic E-state index is -0.613. The standard InChI is InChI=1S/C17H18N2O2/c1-12-7-6-10-15(11-12)19-16(20)13(2)18-17(21)14-8-4-3-5-9-14/h3-11,13H,1-2H3,(H,18,21)(H,19,20)/t13-/m0/s1. The second-order valence-corrected chi connectivity index (χ2v) is 4.92. The highest BCUT2D eigenvalue weighted by Gasteiger charge is 2.16. The zero-order valence-corrected chi connectivity index (χ0v) is 12.1. The van der Waals surface area contributed by atoms with E-state index >= 15 is 0 Å². The van der Waals surface area contributed by atoms with Crippen LogP contribution in [-0.4, -0.2) is 17.9 Å². The lowest BCUT2D eigenvalue weighted by Gasteiger charge is -2.14. The molecular formula is C17H18N2O2. The number of amides is 2. The summed E-state index contributed by atoms with van der Waals surface area (Å²) in [4.78, 5) is 24.0. The van der Waals surface area contributed by atoms with Crippen LogP contribution in [0, 0.1) is 6.92 Å². The van der Waals surface area contributed by atoms with Gasteiger partial charge in [-0.3, -0.25) is 9.59 Å². The molecule has 0 saturated carbocycles. The molecular weight excluding hydrogens is 264 g/mol. The summed E-state index contributed by atoms with van der Waals surface area (Å²) in [5.74, 6) is -0.507. The van der Waals surface area contributed by atoms with E-state index in [1.54, 1.807) is 31.2 Å². The lowest BCUT2D eigenvalue weighted by Crippen LogP contribution is -2.41. The number of carbonyl (C=O) groups excluding carboxylic acids is 2. The first-order valence-electron chi connectivity index (χ1n) is 6.79. The number of rotatable bonds is 4. The summed E-state index contributed by atoms with van der Waals surface area (Å²) in [7, 11) is 0. The molecule has 1 atom stereocenters. The van der Waals surface area contributed by atoms with E-state index in [0.29, 0.717) is 5.56 Å². The van der Waals surface area contributed by atoms with Gasteiger partial charge in [0.2, 0.25) is 5.91 Å². The summed E-state index contributed by atoms with van der Waals surface area (Å²) in [6, 6.07) is 15.7. The molecule has 0 bridgehead atoms. The molecule has 108 valence electrons. The van der Waals surface area contributed by atoms with Gasteiger partial charge in [0.1, 0.15) is 6.04 Å². The number of hydrogen-bond donors (Lipinski definition) is 2. The van der Waals surface area contributed by atoms with Gasteiger partial charge >= 0.3 is 0 Å². The Balaban J connectivity index is 1.95. The van der Waals surface area contributed by atoms with Crippen LogP contribution in [0.15, 0.2) is 54.6 Å². The van der Waals surface area contributed by atoms with Crippen LogP contribution in [0.1, 0.15) is 22.8 Å². The summed E-state index contributed by atoms with van der Waals surface area (Å²) < 4.78 is 0. The fourth-order valence-corrected chi connectivity index (χ4v) is 1.91. The lowest BCUT2D eigenvalue weighted by molar-refractivity contribution is -0.117. The van der Waals surface area contributed by atoms with Crippen molar-refractivity contribution in [2.75, 3.05) is 5.32 Å². The zero-order valence-electron chi connectivity index (χ0n) is 12.1. The van der Waals surface area contributed by atoms with E-state index in [4.69, 9.17) is 0 Å². The smallest absolute Gasteiger partial charge is 0.251 e. The van der Waals surface area contributed by atoms with Crippen molar-refractivity contribution in [2.45, 2.75) is 19.9 Å². The topological polar surface area (TPSA) is 58.2 Å². The highest BCUT2D eigenvalue weighted by Crippen LogP contribution is 2.10. The molecule has 0 fully saturated rings. The molecule has 2 N–H and O–H groups in total. The van der Waals surface area contributed by atoms with Crippen LogP contribution in [-0.2, 0) is 4.79 Å². The van der Waals surface area contributed by atoms with Crippen LogP contribution in [0.4, 0.5) is 5.69 Å². The van der Waals surface area contributed by atoms with Crippen molar-refractivity contribution in [3.8, 4) is 0 Å². The second kappa shape index (κ2) is 6.70. The van der Waals surface area contributed by atoms with Crippen molar-refractivity contribution in [1.29, 1.82) is 0 Å². The minimum absolute atomic E-state index is 0.245. The molecule has 0 aromatic heterocycles. The number of anilines is 1. The summed E-state index contributed by atoms with van der Waals surface area (Å²) in [5.41, 5.74) is 2.32. The largest absolute Gasteiger partial charge is 0.341 e. The monoisotopic (exact) mass is 282 g/mol. The third kappa shape index (κ3) is 4.18. The Labute approximate surface area is 124 Å².